The predicted octanol–water partition coefficient (Wildman–Crippen LogP) is 2.20. The molecule has 0 N–H and O–H groups in total. The smallest absolute Gasteiger partial charge is 0.259 e. The van der Waals surface area contributed by atoms with Crippen molar-refractivity contribution in [2.45, 2.75) is 0 Å². The number of anilines is 1. The van der Waals surface area contributed by atoms with Crippen molar-refractivity contribution in [2.24, 2.45) is 0 Å². The maximum atomic E-state index is 12.5. The van der Waals surface area contributed by atoms with E-state index in [1.54, 1.807) is 10.5 Å². The lowest BCUT2D eigenvalue weighted by Gasteiger charge is -2.27. The third-order valence-electron chi connectivity index (χ3n) is 4.09. The van der Waals surface area contributed by atoms with Crippen molar-refractivity contribution in [1.29, 1.82) is 0 Å². The number of nitrogens with zero attached hydrogens (tertiary/aromatic N) is 3. The van der Waals surface area contributed by atoms with Gasteiger partial charge in [-0.3, -0.25) is 9.20 Å². The van der Waals surface area contributed by atoms with Crippen molar-refractivity contribution < 1.29 is 4.74 Å². The summed E-state index contributed by atoms with van der Waals surface area (Å²) in [5.74, 6) is 0.728. The van der Waals surface area contributed by atoms with Gasteiger partial charge in [-0.15, -0.1) is 0 Å². The molecule has 0 atom stereocenters. The largest absolute Gasteiger partial charge is 0.378 e. The normalized spacial score (nSPS) is 15.0. The van der Waals surface area contributed by atoms with E-state index in [0.29, 0.717) is 18.9 Å². The quantitative estimate of drug-likeness (QED) is 0.728. The second-order valence-electron chi connectivity index (χ2n) is 5.56. The zero-order valence-electron chi connectivity index (χ0n) is 12.7. The van der Waals surface area contributed by atoms with Crippen molar-refractivity contribution in [3.8, 4) is 11.1 Å². The second-order valence-corrected chi connectivity index (χ2v) is 5.56. The van der Waals surface area contributed by atoms with Gasteiger partial charge in [-0.05, 0) is 23.3 Å². The number of ether oxygens (including phenoxy) is 1. The van der Waals surface area contributed by atoms with Gasteiger partial charge in [0.2, 0.25) is 0 Å². The molecule has 23 heavy (non-hydrogen) atoms. The van der Waals surface area contributed by atoms with Crippen LogP contribution in [-0.4, -0.2) is 35.7 Å². The Balaban J connectivity index is 1.78. The minimum atomic E-state index is -0.0609. The minimum Gasteiger partial charge on any atom is -0.378 e. The molecule has 0 radical (unpaired) electrons. The monoisotopic (exact) mass is 307 g/mol. The Morgan fingerprint density at radius 2 is 1.74 bits per heavy atom. The molecule has 1 saturated heterocycles. The van der Waals surface area contributed by atoms with Gasteiger partial charge >= 0.3 is 0 Å². The summed E-state index contributed by atoms with van der Waals surface area (Å²) in [6.07, 6.45) is 1.85. The minimum absolute atomic E-state index is 0.0609. The van der Waals surface area contributed by atoms with E-state index in [1.165, 1.54) is 0 Å². The third kappa shape index (κ3) is 2.71. The van der Waals surface area contributed by atoms with Crippen molar-refractivity contribution in [3.63, 3.8) is 0 Å². The SMILES string of the molecule is O=c1cc(N2CCOCC2)nc2ccc(-c3ccccc3)cn12. The molecule has 4 rings (SSSR count). The topological polar surface area (TPSA) is 46.8 Å². The molecule has 116 valence electrons. The summed E-state index contributed by atoms with van der Waals surface area (Å²) >= 11 is 0. The molecule has 0 bridgehead atoms. The summed E-state index contributed by atoms with van der Waals surface area (Å²) in [7, 11) is 0. The summed E-state index contributed by atoms with van der Waals surface area (Å²) in [4.78, 5) is 19.2. The first kappa shape index (κ1) is 14.0. The van der Waals surface area contributed by atoms with Crippen molar-refractivity contribution in [3.05, 3.63) is 65.1 Å². The van der Waals surface area contributed by atoms with E-state index in [4.69, 9.17) is 4.74 Å². The van der Waals surface area contributed by atoms with E-state index in [1.807, 2.05) is 48.7 Å². The first-order valence-electron chi connectivity index (χ1n) is 7.73. The second kappa shape index (κ2) is 5.85. The summed E-state index contributed by atoms with van der Waals surface area (Å²) in [6, 6.07) is 15.5. The molecule has 5 heteroatoms. The van der Waals surface area contributed by atoms with Gasteiger partial charge in [-0.2, -0.15) is 0 Å². The summed E-state index contributed by atoms with van der Waals surface area (Å²) in [6.45, 7) is 2.89. The average molecular weight is 307 g/mol. The lowest BCUT2D eigenvalue weighted by molar-refractivity contribution is 0.122. The standard InChI is InChI=1S/C18H17N3O2/c22-18-12-17(20-8-10-23-11-9-20)19-16-7-6-15(13-21(16)18)14-4-2-1-3-5-14/h1-7,12-13H,8-11H2. The molecular weight excluding hydrogens is 290 g/mol. The molecule has 3 aromatic rings. The average Bonchev–Trinajstić information content (AvgIpc) is 2.63. The number of hydrogen-bond donors (Lipinski definition) is 0. The molecule has 3 heterocycles. The van der Waals surface area contributed by atoms with Gasteiger partial charge < -0.3 is 9.64 Å². The van der Waals surface area contributed by atoms with E-state index >= 15 is 0 Å². The molecule has 1 aromatic carbocycles. The third-order valence-corrected chi connectivity index (χ3v) is 4.09. The first-order chi connectivity index (χ1) is 11.3. The lowest BCUT2D eigenvalue weighted by atomic mass is 10.1. The van der Waals surface area contributed by atoms with Crippen molar-refractivity contribution in [1.82, 2.24) is 9.38 Å². The Labute approximate surface area is 133 Å². The highest BCUT2D eigenvalue weighted by molar-refractivity contribution is 5.64. The number of benzene rings is 1. The van der Waals surface area contributed by atoms with Crippen LogP contribution in [0.15, 0.2) is 59.5 Å². The van der Waals surface area contributed by atoms with E-state index in [9.17, 15) is 4.79 Å². The zero-order chi connectivity index (χ0) is 15.6. The van der Waals surface area contributed by atoms with Gasteiger partial charge in [0, 0.05) is 25.4 Å². The Morgan fingerprint density at radius 1 is 0.957 bits per heavy atom. The number of fused-ring (bicyclic) bond motifs is 1. The van der Waals surface area contributed by atoms with Crippen LogP contribution in [0.2, 0.25) is 0 Å². The molecule has 2 aromatic heterocycles. The number of pyridine rings is 1. The first-order valence-corrected chi connectivity index (χ1v) is 7.73. The Morgan fingerprint density at radius 3 is 2.52 bits per heavy atom. The van der Waals surface area contributed by atoms with E-state index in [-0.39, 0.29) is 5.56 Å². The van der Waals surface area contributed by atoms with E-state index < -0.39 is 0 Å². The van der Waals surface area contributed by atoms with Crippen LogP contribution in [0.1, 0.15) is 0 Å². The number of rotatable bonds is 2. The van der Waals surface area contributed by atoms with Crippen LogP contribution in [0.4, 0.5) is 5.82 Å². The van der Waals surface area contributed by atoms with Crippen molar-refractivity contribution in [2.75, 3.05) is 31.2 Å². The molecular formula is C18H17N3O2. The fourth-order valence-corrected chi connectivity index (χ4v) is 2.85. The molecule has 0 spiro atoms. The zero-order valence-corrected chi connectivity index (χ0v) is 12.7. The molecule has 0 amide bonds. The summed E-state index contributed by atoms with van der Waals surface area (Å²) < 4.78 is 6.95. The molecule has 0 saturated carbocycles. The Bertz CT molecular complexity index is 884. The van der Waals surface area contributed by atoms with Gasteiger partial charge in [0.15, 0.2) is 0 Å². The van der Waals surface area contributed by atoms with E-state index in [0.717, 1.165) is 30.0 Å². The molecule has 0 unspecified atom stereocenters. The lowest BCUT2D eigenvalue weighted by Crippen LogP contribution is -2.37. The van der Waals surface area contributed by atoms with Crippen LogP contribution in [0.5, 0.6) is 0 Å². The summed E-state index contributed by atoms with van der Waals surface area (Å²) in [5.41, 5.74) is 2.69. The molecule has 1 fully saturated rings. The Kier molecular flexibility index (Phi) is 3.55. The van der Waals surface area contributed by atoms with Crippen LogP contribution < -0.4 is 10.5 Å². The molecule has 5 nitrogen and oxygen atoms in total. The Hall–Kier alpha value is -2.66. The van der Waals surface area contributed by atoms with Crippen LogP contribution in [-0.2, 0) is 4.74 Å². The van der Waals surface area contributed by atoms with Gasteiger partial charge in [-0.25, -0.2) is 4.98 Å². The van der Waals surface area contributed by atoms with Crippen molar-refractivity contribution >= 4 is 11.5 Å². The fraction of sp³-hybridized carbons (Fsp3) is 0.222. The molecule has 1 aliphatic heterocycles. The van der Waals surface area contributed by atoms with Crippen LogP contribution in [0.25, 0.3) is 16.8 Å². The van der Waals surface area contributed by atoms with Gasteiger partial charge in [0.25, 0.3) is 5.56 Å². The maximum absolute atomic E-state index is 12.5. The van der Waals surface area contributed by atoms with E-state index in [2.05, 4.69) is 9.88 Å². The molecule has 1 aliphatic rings. The molecule has 0 aliphatic carbocycles. The van der Waals surface area contributed by atoms with Gasteiger partial charge in [0.05, 0.1) is 13.2 Å². The number of morpholine rings is 1. The highest BCUT2D eigenvalue weighted by Crippen LogP contribution is 2.19. The maximum Gasteiger partial charge on any atom is 0.259 e. The predicted molar refractivity (Wildman–Crippen MR) is 89.9 cm³/mol. The van der Waals surface area contributed by atoms with Crippen LogP contribution in [0, 0.1) is 0 Å². The van der Waals surface area contributed by atoms with Gasteiger partial charge in [-0.1, -0.05) is 30.3 Å². The highest BCUT2D eigenvalue weighted by atomic mass is 16.5. The van der Waals surface area contributed by atoms with Crippen LogP contribution in [0.3, 0.4) is 0 Å². The van der Waals surface area contributed by atoms with Crippen LogP contribution >= 0.6 is 0 Å². The highest BCUT2D eigenvalue weighted by Gasteiger charge is 2.14. The van der Waals surface area contributed by atoms with Gasteiger partial charge in [0.1, 0.15) is 11.5 Å². The number of hydrogen-bond acceptors (Lipinski definition) is 4. The summed E-state index contributed by atoms with van der Waals surface area (Å²) in [5, 5.41) is 0. The number of aromatic nitrogens is 2. The fourth-order valence-electron chi connectivity index (χ4n) is 2.85.